The number of ether oxygens (including phenoxy) is 1. The molecule has 1 aromatic rings. The van der Waals surface area contributed by atoms with Crippen molar-refractivity contribution >= 4 is 12.0 Å². The van der Waals surface area contributed by atoms with Crippen molar-refractivity contribution in [3.63, 3.8) is 0 Å². The quantitative estimate of drug-likeness (QED) is 0.590. The third-order valence-electron chi connectivity index (χ3n) is 3.18. The Morgan fingerprint density at radius 1 is 1.43 bits per heavy atom. The van der Waals surface area contributed by atoms with E-state index in [1.807, 2.05) is 31.7 Å². The topological polar surface area (TPSA) is 56.2 Å². The van der Waals surface area contributed by atoms with Crippen molar-refractivity contribution in [1.29, 1.82) is 0 Å². The van der Waals surface area contributed by atoms with Crippen LogP contribution in [0, 0.1) is 19.8 Å². The number of nitrogens with zero attached hydrogens (tertiary/aromatic N) is 2. The molecule has 0 atom stereocenters. The van der Waals surface area contributed by atoms with Crippen LogP contribution in [0.25, 0.3) is 6.08 Å². The van der Waals surface area contributed by atoms with Crippen LogP contribution >= 0.6 is 0 Å². The van der Waals surface area contributed by atoms with Gasteiger partial charge >= 0.3 is 0 Å². The largest absolute Gasteiger partial charge is 0.381 e. The van der Waals surface area contributed by atoms with Gasteiger partial charge in [0.15, 0.2) is 0 Å². The number of rotatable bonds is 8. The molecule has 5 nitrogen and oxygen atoms in total. The van der Waals surface area contributed by atoms with Gasteiger partial charge in [0, 0.05) is 44.1 Å². The summed E-state index contributed by atoms with van der Waals surface area (Å²) >= 11 is 0. The summed E-state index contributed by atoms with van der Waals surface area (Å²) < 4.78 is 7.28. The molecule has 0 saturated carbocycles. The van der Waals surface area contributed by atoms with Gasteiger partial charge in [0.05, 0.1) is 5.69 Å². The van der Waals surface area contributed by atoms with E-state index in [-0.39, 0.29) is 5.91 Å². The summed E-state index contributed by atoms with van der Waals surface area (Å²) in [6, 6.07) is 0. The number of carbonyl (C=O) groups is 1. The second-order valence-electron chi connectivity index (χ2n) is 5.65. The number of aromatic nitrogens is 2. The molecule has 0 unspecified atom stereocenters. The Labute approximate surface area is 127 Å². The van der Waals surface area contributed by atoms with Crippen LogP contribution < -0.4 is 5.32 Å². The lowest BCUT2D eigenvalue weighted by Gasteiger charge is -2.06. The number of hydrogen-bond donors (Lipinski definition) is 1. The summed E-state index contributed by atoms with van der Waals surface area (Å²) in [5.74, 6) is 0.468. The normalized spacial score (nSPS) is 11.5. The van der Waals surface area contributed by atoms with Crippen LogP contribution in [0.15, 0.2) is 6.08 Å². The van der Waals surface area contributed by atoms with E-state index in [1.54, 1.807) is 6.08 Å². The second-order valence-corrected chi connectivity index (χ2v) is 5.65. The highest BCUT2D eigenvalue weighted by atomic mass is 16.5. The van der Waals surface area contributed by atoms with Gasteiger partial charge in [-0.3, -0.25) is 9.48 Å². The lowest BCUT2D eigenvalue weighted by atomic mass is 10.2. The zero-order valence-electron chi connectivity index (χ0n) is 13.8. The van der Waals surface area contributed by atoms with Gasteiger partial charge < -0.3 is 10.1 Å². The van der Waals surface area contributed by atoms with Crippen LogP contribution in [-0.2, 0) is 16.6 Å². The number of amides is 1. The van der Waals surface area contributed by atoms with Crippen molar-refractivity contribution in [3.8, 4) is 0 Å². The first-order valence-electron chi connectivity index (χ1n) is 7.45. The van der Waals surface area contributed by atoms with E-state index >= 15 is 0 Å². The predicted octanol–water partition coefficient (Wildman–Crippen LogP) is 2.23. The maximum atomic E-state index is 11.7. The molecule has 1 N–H and O–H groups in total. The molecule has 0 spiro atoms. The van der Waals surface area contributed by atoms with Gasteiger partial charge in [-0.2, -0.15) is 5.10 Å². The van der Waals surface area contributed by atoms with Crippen molar-refractivity contribution in [2.75, 3.05) is 19.8 Å². The molecule has 1 aromatic heterocycles. The molecule has 118 valence electrons. The summed E-state index contributed by atoms with van der Waals surface area (Å²) in [6.45, 7) is 10.3. The van der Waals surface area contributed by atoms with E-state index in [4.69, 9.17) is 4.74 Å². The first-order valence-corrected chi connectivity index (χ1v) is 7.45. The maximum absolute atomic E-state index is 11.7. The lowest BCUT2D eigenvalue weighted by molar-refractivity contribution is -0.116. The second kappa shape index (κ2) is 8.62. The number of hydrogen-bond acceptors (Lipinski definition) is 3. The van der Waals surface area contributed by atoms with E-state index < -0.39 is 0 Å². The Bertz CT molecular complexity index is 490. The molecule has 0 bridgehead atoms. The van der Waals surface area contributed by atoms with E-state index in [0.717, 1.165) is 30.0 Å². The third kappa shape index (κ3) is 6.12. The molecule has 0 radical (unpaired) electrons. The van der Waals surface area contributed by atoms with Crippen LogP contribution in [0.3, 0.4) is 0 Å². The first kappa shape index (κ1) is 17.4. The Morgan fingerprint density at radius 3 is 2.71 bits per heavy atom. The molecular formula is C16H27N3O2. The van der Waals surface area contributed by atoms with E-state index in [0.29, 0.717) is 19.1 Å². The number of aryl methyl sites for hydroxylation is 2. The zero-order chi connectivity index (χ0) is 15.8. The van der Waals surface area contributed by atoms with Gasteiger partial charge in [0.1, 0.15) is 0 Å². The van der Waals surface area contributed by atoms with Gasteiger partial charge in [0.25, 0.3) is 0 Å². The Balaban J connectivity index is 2.29. The smallest absolute Gasteiger partial charge is 0.244 e. The van der Waals surface area contributed by atoms with Gasteiger partial charge in [-0.05, 0) is 32.3 Å². The average Bonchev–Trinajstić information content (AvgIpc) is 2.65. The van der Waals surface area contributed by atoms with Crippen LogP contribution in [-0.4, -0.2) is 35.4 Å². The molecule has 1 amide bonds. The first-order chi connectivity index (χ1) is 9.91. The van der Waals surface area contributed by atoms with Crippen molar-refractivity contribution in [2.45, 2.75) is 34.1 Å². The minimum Gasteiger partial charge on any atom is -0.381 e. The molecule has 21 heavy (non-hydrogen) atoms. The molecule has 0 aliphatic heterocycles. The summed E-state index contributed by atoms with van der Waals surface area (Å²) in [7, 11) is 1.90. The molecule has 1 rings (SSSR count). The fourth-order valence-electron chi connectivity index (χ4n) is 1.95. The van der Waals surface area contributed by atoms with E-state index in [9.17, 15) is 4.79 Å². The predicted molar refractivity (Wildman–Crippen MR) is 85.0 cm³/mol. The minimum absolute atomic E-state index is 0.0819. The molecule has 0 fully saturated rings. The standard InChI is InChI=1S/C16H27N3O2/c1-12(2)11-21-10-6-9-17-16(20)8-7-15-13(3)18-19(5)14(15)4/h7-8,12H,6,9-11H2,1-5H3,(H,17,20)/b8-7+. The molecule has 0 aliphatic rings. The van der Waals surface area contributed by atoms with Crippen molar-refractivity contribution < 1.29 is 9.53 Å². The Kier molecular flexibility index (Phi) is 7.15. The fraction of sp³-hybridized carbons (Fsp3) is 0.625. The maximum Gasteiger partial charge on any atom is 0.244 e. The average molecular weight is 293 g/mol. The Morgan fingerprint density at radius 2 is 2.14 bits per heavy atom. The van der Waals surface area contributed by atoms with Gasteiger partial charge in [0.2, 0.25) is 5.91 Å². The minimum atomic E-state index is -0.0819. The monoisotopic (exact) mass is 293 g/mol. The van der Waals surface area contributed by atoms with Crippen LogP contribution in [0.4, 0.5) is 0 Å². The zero-order valence-corrected chi connectivity index (χ0v) is 13.8. The molecule has 0 saturated heterocycles. The van der Waals surface area contributed by atoms with E-state index in [2.05, 4.69) is 24.3 Å². The number of carbonyl (C=O) groups excluding carboxylic acids is 1. The highest BCUT2D eigenvalue weighted by Gasteiger charge is 2.06. The van der Waals surface area contributed by atoms with Crippen LogP contribution in [0.5, 0.6) is 0 Å². The van der Waals surface area contributed by atoms with Gasteiger partial charge in [-0.1, -0.05) is 13.8 Å². The molecule has 0 aromatic carbocycles. The molecule has 0 aliphatic carbocycles. The van der Waals surface area contributed by atoms with Crippen LogP contribution in [0.1, 0.15) is 37.2 Å². The highest BCUT2D eigenvalue weighted by Crippen LogP contribution is 2.13. The van der Waals surface area contributed by atoms with Gasteiger partial charge in [-0.15, -0.1) is 0 Å². The Hall–Kier alpha value is -1.62. The summed E-state index contributed by atoms with van der Waals surface area (Å²) in [5, 5.41) is 7.17. The number of nitrogens with one attached hydrogen (secondary N) is 1. The van der Waals surface area contributed by atoms with Crippen LogP contribution in [0.2, 0.25) is 0 Å². The third-order valence-corrected chi connectivity index (χ3v) is 3.18. The fourth-order valence-corrected chi connectivity index (χ4v) is 1.95. The summed E-state index contributed by atoms with van der Waals surface area (Å²) in [6.07, 6.45) is 4.21. The molecule has 5 heteroatoms. The summed E-state index contributed by atoms with van der Waals surface area (Å²) in [4.78, 5) is 11.7. The molecule has 1 heterocycles. The lowest BCUT2D eigenvalue weighted by Crippen LogP contribution is -2.23. The van der Waals surface area contributed by atoms with Crippen molar-refractivity contribution in [1.82, 2.24) is 15.1 Å². The van der Waals surface area contributed by atoms with E-state index in [1.165, 1.54) is 0 Å². The van der Waals surface area contributed by atoms with Gasteiger partial charge in [-0.25, -0.2) is 0 Å². The van der Waals surface area contributed by atoms with Crippen molar-refractivity contribution in [3.05, 3.63) is 23.0 Å². The SMILES string of the molecule is Cc1nn(C)c(C)c1/C=C/C(=O)NCCCOCC(C)C. The molecular weight excluding hydrogens is 266 g/mol. The highest BCUT2D eigenvalue weighted by molar-refractivity contribution is 5.91. The summed E-state index contributed by atoms with van der Waals surface area (Å²) in [5.41, 5.74) is 2.99. The van der Waals surface area contributed by atoms with Crippen molar-refractivity contribution in [2.24, 2.45) is 13.0 Å².